The Morgan fingerprint density at radius 3 is 2.52 bits per heavy atom. The van der Waals surface area contributed by atoms with Crippen LogP contribution in [0, 0.1) is 5.82 Å². The van der Waals surface area contributed by atoms with E-state index in [-0.39, 0.29) is 24.3 Å². The number of rotatable bonds is 6. The number of carbonyl (C=O) groups is 1. The first kappa shape index (κ1) is 17.5. The van der Waals surface area contributed by atoms with E-state index in [0.29, 0.717) is 11.0 Å². The van der Waals surface area contributed by atoms with Crippen LogP contribution in [0.15, 0.2) is 53.0 Å². The van der Waals surface area contributed by atoms with Gasteiger partial charge in [-0.05, 0) is 37.6 Å². The Kier molecular flexibility index (Phi) is 6.16. The molecule has 2 rings (SSSR count). The second-order valence-electron chi connectivity index (χ2n) is 5.46. The van der Waals surface area contributed by atoms with Gasteiger partial charge in [0.25, 0.3) is 5.91 Å². The van der Waals surface area contributed by atoms with Crippen molar-refractivity contribution in [2.24, 2.45) is 0 Å². The second-order valence-corrected chi connectivity index (χ2v) is 6.38. The van der Waals surface area contributed by atoms with E-state index in [0.717, 1.165) is 5.56 Å². The van der Waals surface area contributed by atoms with E-state index in [1.54, 1.807) is 11.0 Å². The van der Waals surface area contributed by atoms with Crippen molar-refractivity contribution in [2.75, 3.05) is 6.61 Å². The lowest BCUT2D eigenvalue weighted by Crippen LogP contribution is -2.39. The average molecular weight is 380 g/mol. The van der Waals surface area contributed by atoms with Gasteiger partial charge in [-0.15, -0.1) is 0 Å². The van der Waals surface area contributed by atoms with Crippen LogP contribution < -0.4 is 4.74 Å². The highest BCUT2D eigenvalue weighted by Crippen LogP contribution is 2.21. The van der Waals surface area contributed by atoms with Gasteiger partial charge in [0, 0.05) is 17.1 Å². The second kappa shape index (κ2) is 8.11. The van der Waals surface area contributed by atoms with Crippen LogP contribution in [0.3, 0.4) is 0 Å². The third-order valence-corrected chi connectivity index (χ3v) is 3.88. The molecule has 0 heterocycles. The van der Waals surface area contributed by atoms with Gasteiger partial charge in [0.05, 0.1) is 0 Å². The first-order chi connectivity index (χ1) is 11.0. The summed E-state index contributed by atoms with van der Waals surface area (Å²) in [6, 6.07) is 14.3. The lowest BCUT2D eigenvalue weighted by molar-refractivity contribution is -0.135. The number of ether oxygens (including phenoxy) is 1. The van der Waals surface area contributed by atoms with Crippen LogP contribution in [0.1, 0.15) is 19.4 Å². The van der Waals surface area contributed by atoms with Gasteiger partial charge in [-0.1, -0.05) is 46.3 Å². The van der Waals surface area contributed by atoms with E-state index >= 15 is 0 Å². The maximum absolute atomic E-state index is 13.7. The van der Waals surface area contributed by atoms with Crippen LogP contribution in [0.4, 0.5) is 4.39 Å². The van der Waals surface area contributed by atoms with Crippen molar-refractivity contribution in [3.63, 3.8) is 0 Å². The molecule has 0 aliphatic carbocycles. The molecule has 122 valence electrons. The first-order valence-corrected chi connectivity index (χ1v) is 8.18. The van der Waals surface area contributed by atoms with Crippen molar-refractivity contribution in [3.8, 4) is 5.75 Å². The summed E-state index contributed by atoms with van der Waals surface area (Å²) in [5.74, 6) is -0.595. The predicted octanol–water partition coefficient (Wildman–Crippen LogP) is 4.40. The molecule has 5 heteroatoms. The molecule has 0 bridgehead atoms. The van der Waals surface area contributed by atoms with E-state index in [1.165, 1.54) is 12.1 Å². The third kappa shape index (κ3) is 5.06. The van der Waals surface area contributed by atoms with Gasteiger partial charge in [0.15, 0.2) is 18.2 Å². The highest BCUT2D eigenvalue weighted by Gasteiger charge is 2.18. The van der Waals surface area contributed by atoms with Crippen LogP contribution in [0.2, 0.25) is 0 Å². The largest absolute Gasteiger partial charge is 0.481 e. The van der Waals surface area contributed by atoms with Crippen molar-refractivity contribution in [1.29, 1.82) is 0 Å². The first-order valence-electron chi connectivity index (χ1n) is 7.38. The standard InChI is InChI=1S/C18H19BrFNO2/c1-13(2)21(11-14-6-4-3-5-7-14)18(22)12-23-17-9-8-15(19)10-16(17)20/h3-10,13H,11-12H2,1-2H3. The molecule has 0 radical (unpaired) electrons. The number of amides is 1. The Morgan fingerprint density at radius 1 is 1.22 bits per heavy atom. The van der Waals surface area contributed by atoms with Crippen LogP contribution >= 0.6 is 15.9 Å². The zero-order chi connectivity index (χ0) is 16.8. The molecule has 0 aromatic heterocycles. The summed E-state index contributed by atoms with van der Waals surface area (Å²) < 4.78 is 19.7. The fraction of sp³-hybridized carbons (Fsp3) is 0.278. The minimum atomic E-state index is -0.494. The summed E-state index contributed by atoms with van der Waals surface area (Å²) in [6.07, 6.45) is 0. The number of nitrogens with zero attached hydrogens (tertiary/aromatic N) is 1. The van der Waals surface area contributed by atoms with Gasteiger partial charge in [0.1, 0.15) is 0 Å². The molecule has 0 saturated carbocycles. The van der Waals surface area contributed by atoms with Crippen molar-refractivity contribution in [2.45, 2.75) is 26.4 Å². The molecule has 0 saturated heterocycles. The monoisotopic (exact) mass is 379 g/mol. The third-order valence-electron chi connectivity index (χ3n) is 3.38. The average Bonchev–Trinajstić information content (AvgIpc) is 2.52. The Bertz CT molecular complexity index is 661. The fourth-order valence-corrected chi connectivity index (χ4v) is 2.49. The maximum Gasteiger partial charge on any atom is 0.261 e. The molecule has 0 aliphatic rings. The molecule has 0 N–H and O–H groups in total. The zero-order valence-corrected chi connectivity index (χ0v) is 14.7. The molecular weight excluding hydrogens is 361 g/mol. The molecule has 0 atom stereocenters. The van der Waals surface area contributed by atoms with E-state index in [1.807, 2.05) is 44.2 Å². The minimum absolute atomic E-state index is 0.0288. The number of hydrogen-bond acceptors (Lipinski definition) is 2. The highest BCUT2D eigenvalue weighted by molar-refractivity contribution is 9.10. The van der Waals surface area contributed by atoms with Crippen LogP contribution in [-0.4, -0.2) is 23.5 Å². The maximum atomic E-state index is 13.7. The number of hydrogen-bond donors (Lipinski definition) is 0. The normalized spacial score (nSPS) is 10.7. The summed E-state index contributed by atoms with van der Waals surface area (Å²) in [5, 5.41) is 0. The van der Waals surface area contributed by atoms with Gasteiger partial charge in [-0.25, -0.2) is 4.39 Å². The minimum Gasteiger partial charge on any atom is -0.481 e. The van der Waals surface area contributed by atoms with E-state index in [2.05, 4.69) is 15.9 Å². The Hall–Kier alpha value is -1.88. The molecule has 0 unspecified atom stereocenters. The van der Waals surface area contributed by atoms with Crippen molar-refractivity contribution < 1.29 is 13.9 Å². The van der Waals surface area contributed by atoms with Gasteiger partial charge >= 0.3 is 0 Å². The fourth-order valence-electron chi connectivity index (χ4n) is 2.15. The lowest BCUT2D eigenvalue weighted by atomic mass is 10.2. The number of carbonyl (C=O) groups excluding carboxylic acids is 1. The van der Waals surface area contributed by atoms with Crippen molar-refractivity contribution >= 4 is 21.8 Å². The summed E-state index contributed by atoms with van der Waals surface area (Å²) in [4.78, 5) is 14.1. The molecule has 0 aliphatic heterocycles. The quantitative estimate of drug-likeness (QED) is 0.743. The predicted molar refractivity (Wildman–Crippen MR) is 91.7 cm³/mol. The molecule has 0 fully saturated rings. The molecule has 2 aromatic rings. The zero-order valence-electron chi connectivity index (χ0n) is 13.1. The van der Waals surface area contributed by atoms with Crippen LogP contribution in [0.5, 0.6) is 5.75 Å². The molecule has 1 amide bonds. The van der Waals surface area contributed by atoms with Gasteiger partial charge < -0.3 is 9.64 Å². The van der Waals surface area contributed by atoms with E-state index in [9.17, 15) is 9.18 Å². The molecule has 3 nitrogen and oxygen atoms in total. The summed E-state index contributed by atoms with van der Waals surface area (Å²) in [5.41, 5.74) is 1.05. The smallest absolute Gasteiger partial charge is 0.261 e. The topological polar surface area (TPSA) is 29.5 Å². The number of benzene rings is 2. The van der Waals surface area contributed by atoms with Crippen LogP contribution in [-0.2, 0) is 11.3 Å². The lowest BCUT2D eigenvalue weighted by Gasteiger charge is -2.27. The Morgan fingerprint density at radius 2 is 1.91 bits per heavy atom. The van der Waals surface area contributed by atoms with Gasteiger partial charge in [-0.3, -0.25) is 4.79 Å². The molecule has 0 spiro atoms. The van der Waals surface area contributed by atoms with Crippen LogP contribution in [0.25, 0.3) is 0 Å². The van der Waals surface area contributed by atoms with Crippen molar-refractivity contribution in [3.05, 3.63) is 64.4 Å². The SMILES string of the molecule is CC(C)N(Cc1ccccc1)C(=O)COc1ccc(Br)cc1F. The molecule has 2 aromatic carbocycles. The Labute approximate surface area is 144 Å². The van der Waals surface area contributed by atoms with E-state index in [4.69, 9.17) is 4.74 Å². The molecule has 23 heavy (non-hydrogen) atoms. The van der Waals surface area contributed by atoms with Crippen molar-refractivity contribution in [1.82, 2.24) is 4.90 Å². The summed E-state index contributed by atoms with van der Waals surface area (Å²) in [6.45, 7) is 4.20. The summed E-state index contributed by atoms with van der Waals surface area (Å²) in [7, 11) is 0. The van der Waals surface area contributed by atoms with E-state index < -0.39 is 5.82 Å². The van der Waals surface area contributed by atoms with Gasteiger partial charge in [-0.2, -0.15) is 0 Å². The Balaban J connectivity index is 2.01. The number of halogens is 2. The molecular formula is C18H19BrFNO2. The summed E-state index contributed by atoms with van der Waals surface area (Å²) >= 11 is 3.18. The van der Waals surface area contributed by atoms with Gasteiger partial charge in [0.2, 0.25) is 0 Å². The highest BCUT2D eigenvalue weighted by atomic mass is 79.9.